The molecule has 1 aromatic rings. The van der Waals surface area contributed by atoms with Gasteiger partial charge >= 0.3 is 0 Å². The van der Waals surface area contributed by atoms with Crippen LogP contribution in [0.4, 0.5) is 0 Å². The predicted octanol–water partition coefficient (Wildman–Crippen LogP) is 2.53. The summed E-state index contributed by atoms with van der Waals surface area (Å²) in [7, 11) is 1.62. The van der Waals surface area contributed by atoms with E-state index in [2.05, 4.69) is 34.7 Å². The van der Waals surface area contributed by atoms with Crippen molar-refractivity contribution in [2.45, 2.75) is 52.0 Å². The zero-order valence-corrected chi connectivity index (χ0v) is 19.4. The number of nitrogens with zero attached hydrogens (tertiary/aromatic N) is 3. The molecule has 1 aliphatic carbocycles. The molecule has 1 aromatic heterocycles. The van der Waals surface area contributed by atoms with E-state index in [1.54, 1.807) is 13.2 Å². The highest BCUT2D eigenvalue weighted by Crippen LogP contribution is 2.32. The number of aryl methyl sites for hydroxylation is 1. The van der Waals surface area contributed by atoms with Crippen LogP contribution in [-0.4, -0.2) is 79.2 Å². The monoisotopic (exact) mass is 430 g/mol. The second kappa shape index (κ2) is 11.5. The van der Waals surface area contributed by atoms with E-state index in [1.165, 1.54) is 43.5 Å². The molecule has 3 rings (SSSR count). The molecule has 0 bridgehead atoms. The molecule has 1 saturated heterocycles. The van der Waals surface area contributed by atoms with Gasteiger partial charge < -0.3 is 19.5 Å². The Kier molecular flexibility index (Phi) is 8.72. The molecule has 0 radical (unpaired) electrons. The molecule has 172 valence electrons. The normalized spacial score (nSPS) is 18.6. The summed E-state index contributed by atoms with van der Waals surface area (Å²) < 4.78 is 7.42. The third kappa shape index (κ3) is 6.43. The molecular weight excluding hydrogens is 392 g/mol. The Balaban J connectivity index is 1.49. The number of carbonyl (C=O) groups is 2. The van der Waals surface area contributed by atoms with Gasteiger partial charge in [-0.1, -0.05) is 19.3 Å². The van der Waals surface area contributed by atoms with Gasteiger partial charge in [-0.15, -0.1) is 0 Å². The first-order chi connectivity index (χ1) is 15.0. The fourth-order valence-corrected chi connectivity index (χ4v) is 4.82. The summed E-state index contributed by atoms with van der Waals surface area (Å²) in [6.45, 7) is 8.48. The van der Waals surface area contributed by atoms with Crippen LogP contribution >= 0.6 is 0 Å². The van der Waals surface area contributed by atoms with E-state index in [0.717, 1.165) is 5.56 Å². The molecule has 7 nitrogen and oxygen atoms in total. The second-order valence-electron chi connectivity index (χ2n) is 8.77. The van der Waals surface area contributed by atoms with Crippen molar-refractivity contribution in [2.24, 2.45) is 0 Å². The third-order valence-electron chi connectivity index (χ3n) is 6.55. The van der Waals surface area contributed by atoms with Crippen molar-refractivity contribution in [3.05, 3.63) is 29.1 Å². The minimum atomic E-state index is 0.00467. The molecule has 1 saturated carbocycles. The van der Waals surface area contributed by atoms with Crippen LogP contribution in [-0.2, 0) is 14.3 Å². The molecule has 0 atom stereocenters. The van der Waals surface area contributed by atoms with Gasteiger partial charge in [-0.2, -0.15) is 0 Å². The van der Waals surface area contributed by atoms with Crippen LogP contribution in [0.3, 0.4) is 0 Å². The number of nitrogens with one attached hydrogen (secondary N) is 1. The lowest BCUT2D eigenvalue weighted by Gasteiger charge is -2.33. The van der Waals surface area contributed by atoms with Crippen molar-refractivity contribution < 1.29 is 14.3 Å². The second-order valence-corrected chi connectivity index (χ2v) is 8.77. The molecule has 2 amide bonds. The van der Waals surface area contributed by atoms with Crippen LogP contribution in [0.15, 0.2) is 12.1 Å². The molecule has 0 spiro atoms. The van der Waals surface area contributed by atoms with Gasteiger partial charge in [0.25, 0.3) is 0 Å². The first-order valence-corrected chi connectivity index (χ1v) is 11.6. The third-order valence-corrected chi connectivity index (χ3v) is 6.55. The Morgan fingerprint density at radius 1 is 1.13 bits per heavy atom. The smallest absolute Gasteiger partial charge is 0.246 e. The van der Waals surface area contributed by atoms with Gasteiger partial charge in [0, 0.05) is 63.3 Å². The highest BCUT2D eigenvalue weighted by atomic mass is 16.5. The molecule has 7 heteroatoms. The van der Waals surface area contributed by atoms with E-state index in [-0.39, 0.29) is 11.8 Å². The molecule has 2 fully saturated rings. The van der Waals surface area contributed by atoms with Gasteiger partial charge in [-0.05, 0) is 44.4 Å². The number of aromatic nitrogens is 1. The van der Waals surface area contributed by atoms with Gasteiger partial charge in [-0.3, -0.25) is 14.5 Å². The summed E-state index contributed by atoms with van der Waals surface area (Å²) in [4.78, 5) is 28.6. The topological polar surface area (TPSA) is 66.8 Å². The maximum Gasteiger partial charge on any atom is 0.246 e. The van der Waals surface area contributed by atoms with Crippen molar-refractivity contribution in [3.63, 3.8) is 0 Å². The van der Waals surface area contributed by atoms with Crippen molar-refractivity contribution >= 4 is 17.9 Å². The number of amides is 2. The van der Waals surface area contributed by atoms with Gasteiger partial charge in [0.05, 0.1) is 13.2 Å². The zero-order valence-electron chi connectivity index (χ0n) is 19.4. The summed E-state index contributed by atoms with van der Waals surface area (Å²) in [6, 6.07) is 2.81. The summed E-state index contributed by atoms with van der Waals surface area (Å²) in [5, 5.41) is 2.84. The maximum absolute atomic E-state index is 12.7. The maximum atomic E-state index is 12.7. The van der Waals surface area contributed by atoms with Crippen LogP contribution < -0.4 is 5.32 Å². The van der Waals surface area contributed by atoms with Crippen LogP contribution in [0, 0.1) is 13.8 Å². The van der Waals surface area contributed by atoms with E-state index in [9.17, 15) is 9.59 Å². The number of carbonyl (C=O) groups excluding carboxylic acids is 2. The molecule has 1 N–H and O–H groups in total. The number of ether oxygens (including phenoxy) is 1. The lowest BCUT2D eigenvalue weighted by Crippen LogP contribution is -2.51. The predicted molar refractivity (Wildman–Crippen MR) is 123 cm³/mol. The van der Waals surface area contributed by atoms with Crippen molar-refractivity contribution in [1.82, 2.24) is 19.7 Å². The lowest BCUT2D eigenvalue weighted by atomic mass is 9.95. The summed E-state index contributed by atoms with van der Waals surface area (Å²) in [6.07, 6.45) is 10.2. The summed E-state index contributed by atoms with van der Waals surface area (Å²) >= 11 is 0. The average Bonchev–Trinajstić information content (AvgIpc) is 3.06. The highest BCUT2D eigenvalue weighted by Gasteiger charge is 2.22. The molecule has 2 aliphatic rings. The average molecular weight is 431 g/mol. The van der Waals surface area contributed by atoms with Crippen LogP contribution in [0.5, 0.6) is 0 Å². The highest BCUT2D eigenvalue weighted by molar-refractivity contribution is 5.92. The number of methoxy groups -OCH3 is 1. The van der Waals surface area contributed by atoms with Crippen molar-refractivity contribution in [3.8, 4) is 0 Å². The minimum absolute atomic E-state index is 0.00467. The Bertz CT molecular complexity index is 772. The minimum Gasteiger partial charge on any atom is -0.383 e. The van der Waals surface area contributed by atoms with E-state index in [0.29, 0.717) is 51.9 Å². The number of hydrogen-bond acceptors (Lipinski definition) is 4. The first kappa shape index (κ1) is 23.5. The molecule has 0 aromatic carbocycles. The lowest BCUT2D eigenvalue weighted by molar-refractivity contribution is -0.128. The fourth-order valence-electron chi connectivity index (χ4n) is 4.82. The van der Waals surface area contributed by atoms with Gasteiger partial charge in [0.2, 0.25) is 11.8 Å². The Labute approximate surface area is 186 Å². The SMILES string of the molecule is COCCNC(=O)CN1CCN(C(=O)C=Cc2cc(C)n(C3CCCCC3)c2C)CC1. The Morgan fingerprint density at radius 3 is 2.52 bits per heavy atom. The van der Waals surface area contributed by atoms with Gasteiger partial charge in [0.1, 0.15) is 0 Å². The van der Waals surface area contributed by atoms with Gasteiger partial charge in [0.15, 0.2) is 0 Å². The van der Waals surface area contributed by atoms with Crippen LogP contribution in [0.1, 0.15) is 55.1 Å². The number of hydrogen-bond donors (Lipinski definition) is 1. The van der Waals surface area contributed by atoms with E-state index >= 15 is 0 Å². The van der Waals surface area contributed by atoms with Crippen molar-refractivity contribution in [1.29, 1.82) is 0 Å². The summed E-state index contributed by atoms with van der Waals surface area (Å²) in [5.74, 6) is 0.0525. The van der Waals surface area contributed by atoms with E-state index < -0.39 is 0 Å². The van der Waals surface area contributed by atoms with E-state index in [4.69, 9.17) is 4.74 Å². The molecule has 2 heterocycles. The number of rotatable bonds is 8. The number of piperazine rings is 1. The Morgan fingerprint density at radius 2 is 1.84 bits per heavy atom. The van der Waals surface area contributed by atoms with Gasteiger partial charge in [-0.25, -0.2) is 0 Å². The fraction of sp³-hybridized carbons (Fsp3) is 0.667. The van der Waals surface area contributed by atoms with Crippen LogP contribution in [0.2, 0.25) is 0 Å². The standard InChI is InChI=1S/C24H38N4O3/c1-19-17-21(20(2)28(19)22-7-5-4-6-8-22)9-10-24(30)27-14-12-26(13-15-27)18-23(29)25-11-16-31-3/h9-10,17,22H,4-8,11-16,18H2,1-3H3,(H,25,29). The van der Waals surface area contributed by atoms with Crippen LogP contribution in [0.25, 0.3) is 6.08 Å². The van der Waals surface area contributed by atoms with Crippen molar-refractivity contribution in [2.75, 3.05) is 53.0 Å². The zero-order chi connectivity index (χ0) is 22.2. The molecular formula is C24H38N4O3. The first-order valence-electron chi connectivity index (χ1n) is 11.6. The quantitative estimate of drug-likeness (QED) is 0.508. The Hall–Kier alpha value is -2.12. The largest absolute Gasteiger partial charge is 0.383 e. The summed E-state index contributed by atoms with van der Waals surface area (Å²) in [5.41, 5.74) is 3.69. The molecule has 1 aliphatic heterocycles. The molecule has 0 unspecified atom stereocenters. The van der Waals surface area contributed by atoms with E-state index in [1.807, 2.05) is 11.0 Å². The molecule has 31 heavy (non-hydrogen) atoms.